The Balaban J connectivity index is 1.32. The van der Waals surface area contributed by atoms with Crippen molar-refractivity contribution in [3.8, 4) is 6.07 Å². The monoisotopic (exact) mass is 461 g/mol. The number of fused-ring (bicyclic) bond motifs is 3. The maximum Gasteiger partial charge on any atom is 0.216 e. The van der Waals surface area contributed by atoms with Gasteiger partial charge in [0, 0.05) is 49.2 Å². The number of ketones is 1. The number of aliphatic imine (C=N–C) groups is 2. The van der Waals surface area contributed by atoms with E-state index in [4.69, 9.17) is 5.73 Å². The van der Waals surface area contributed by atoms with Crippen molar-refractivity contribution in [2.24, 2.45) is 21.6 Å². The molecule has 2 aliphatic heterocycles. The van der Waals surface area contributed by atoms with Crippen molar-refractivity contribution in [2.45, 2.75) is 6.04 Å². The number of hydrogen-bond donors (Lipinski definition) is 1. The van der Waals surface area contributed by atoms with E-state index in [9.17, 15) is 10.1 Å². The number of carbonyl (C=O) groups is 1. The fourth-order valence-corrected chi connectivity index (χ4v) is 5.36. The molecule has 3 aromatic rings. The average molecular weight is 462 g/mol. The van der Waals surface area contributed by atoms with Crippen molar-refractivity contribution in [3.05, 3.63) is 89.1 Å². The minimum Gasteiger partial charge on any atom is -0.368 e. The molecule has 1 aliphatic carbocycles. The van der Waals surface area contributed by atoms with Gasteiger partial charge in [-0.05, 0) is 23.8 Å². The third-order valence-electron chi connectivity index (χ3n) is 6.94. The van der Waals surface area contributed by atoms with Crippen LogP contribution in [-0.2, 0) is 0 Å². The molecule has 0 bridgehead atoms. The fourth-order valence-electron chi connectivity index (χ4n) is 5.36. The second kappa shape index (κ2) is 8.37. The van der Waals surface area contributed by atoms with Gasteiger partial charge >= 0.3 is 0 Å². The Morgan fingerprint density at radius 2 is 1.71 bits per heavy atom. The number of aromatic nitrogens is 1. The van der Waals surface area contributed by atoms with E-state index in [0.29, 0.717) is 16.8 Å². The molecule has 6 rings (SSSR count). The zero-order valence-corrected chi connectivity index (χ0v) is 19.0. The Bertz CT molecular complexity index is 1410. The lowest BCUT2D eigenvalue weighted by Gasteiger charge is -2.38. The smallest absolute Gasteiger partial charge is 0.216 e. The SMILES string of the molecule is N#Cc1cccnc1N1CCN(c2cccc3c2C2N=C(N)N=C(c4ccccc4)C2C3=O)CC1. The third kappa shape index (κ3) is 3.44. The highest BCUT2D eigenvalue weighted by Crippen LogP contribution is 2.47. The first-order valence-electron chi connectivity index (χ1n) is 11.6. The first kappa shape index (κ1) is 21.1. The molecule has 172 valence electrons. The summed E-state index contributed by atoms with van der Waals surface area (Å²) in [6.45, 7) is 2.92. The third-order valence-corrected chi connectivity index (χ3v) is 6.94. The molecule has 3 aliphatic rings. The zero-order valence-electron chi connectivity index (χ0n) is 19.0. The van der Waals surface area contributed by atoms with Crippen LogP contribution in [0, 0.1) is 17.2 Å². The van der Waals surface area contributed by atoms with E-state index in [-0.39, 0.29) is 17.8 Å². The van der Waals surface area contributed by atoms with E-state index in [0.717, 1.165) is 48.8 Å². The molecule has 35 heavy (non-hydrogen) atoms. The van der Waals surface area contributed by atoms with E-state index in [1.807, 2.05) is 42.5 Å². The number of hydrogen-bond acceptors (Lipinski definition) is 8. The van der Waals surface area contributed by atoms with E-state index < -0.39 is 5.92 Å². The topological polar surface area (TPSA) is 111 Å². The van der Waals surface area contributed by atoms with Crippen LogP contribution >= 0.6 is 0 Å². The lowest BCUT2D eigenvalue weighted by atomic mass is 9.89. The highest BCUT2D eigenvalue weighted by atomic mass is 16.1. The lowest BCUT2D eigenvalue weighted by Crippen LogP contribution is -2.47. The van der Waals surface area contributed by atoms with Crippen molar-refractivity contribution in [3.63, 3.8) is 0 Å². The van der Waals surface area contributed by atoms with Crippen molar-refractivity contribution in [1.29, 1.82) is 5.26 Å². The average Bonchev–Trinajstić information content (AvgIpc) is 3.20. The lowest BCUT2D eigenvalue weighted by molar-refractivity contribution is 0.0960. The first-order chi connectivity index (χ1) is 17.2. The van der Waals surface area contributed by atoms with Crippen LogP contribution in [0.2, 0.25) is 0 Å². The summed E-state index contributed by atoms with van der Waals surface area (Å²) < 4.78 is 0. The molecule has 0 amide bonds. The second-order valence-electron chi connectivity index (χ2n) is 8.84. The Morgan fingerprint density at radius 1 is 0.943 bits per heavy atom. The molecule has 8 nitrogen and oxygen atoms in total. The molecule has 2 N–H and O–H groups in total. The molecule has 2 unspecified atom stereocenters. The van der Waals surface area contributed by atoms with Crippen molar-refractivity contribution in [1.82, 2.24) is 4.98 Å². The summed E-state index contributed by atoms with van der Waals surface area (Å²) in [6.07, 6.45) is 1.72. The number of guanidine groups is 1. The standard InChI is InChI=1S/C27H23N7O/c28-16-18-8-5-11-30-26(18)34-14-12-33(13-15-34)20-10-4-9-19-21(20)24-22(25(19)35)23(31-27(29)32-24)17-6-2-1-3-7-17/h1-11,22,24H,12-15H2,(H2,29,32). The molecule has 1 saturated heterocycles. The summed E-state index contributed by atoms with van der Waals surface area (Å²) in [4.78, 5) is 31.6. The van der Waals surface area contributed by atoms with Gasteiger partial charge in [0.1, 0.15) is 11.9 Å². The maximum atomic E-state index is 13.6. The molecule has 0 radical (unpaired) electrons. The van der Waals surface area contributed by atoms with Gasteiger partial charge in [-0.25, -0.2) is 15.0 Å². The number of pyridine rings is 1. The van der Waals surface area contributed by atoms with E-state index in [1.165, 1.54) is 0 Å². The Hall–Kier alpha value is -4.51. The van der Waals surface area contributed by atoms with Gasteiger partial charge in [0.2, 0.25) is 5.96 Å². The van der Waals surface area contributed by atoms with Crippen LogP contribution in [0.5, 0.6) is 0 Å². The Kier molecular flexibility index (Phi) is 5.03. The molecule has 1 aromatic heterocycles. The number of nitriles is 1. The van der Waals surface area contributed by atoms with Crippen LogP contribution in [0.25, 0.3) is 0 Å². The molecule has 3 heterocycles. The first-order valence-corrected chi connectivity index (χ1v) is 11.6. The predicted octanol–water partition coefficient (Wildman–Crippen LogP) is 2.95. The Morgan fingerprint density at radius 3 is 2.49 bits per heavy atom. The summed E-state index contributed by atoms with van der Waals surface area (Å²) in [6, 6.07) is 21.0. The number of nitrogens with two attached hydrogens (primary N) is 1. The number of carbonyl (C=O) groups excluding carboxylic acids is 1. The van der Waals surface area contributed by atoms with E-state index in [1.54, 1.807) is 18.3 Å². The molecular formula is C27H23N7O. The molecule has 2 atom stereocenters. The summed E-state index contributed by atoms with van der Waals surface area (Å²) in [5.41, 5.74) is 10.9. The Labute approximate surface area is 203 Å². The predicted molar refractivity (Wildman–Crippen MR) is 135 cm³/mol. The number of nitrogens with zero attached hydrogens (tertiary/aromatic N) is 6. The van der Waals surface area contributed by atoms with Crippen LogP contribution in [0.15, 0.2) is 76.8 Å². The van der Waals surface area contributed by atoms with Crippen molar-refractivity contribution in [2.75, 3.05) is 36.0 Å². The minimum absolute atomic E-state index is 0.0384. The normalized spacial score (nSPS) is 21.1. The van der Waals surface area contributed by atoms with Gasteiger partial charge in [-0.3, -0.25) is 4.79 Å². The fraction of sp³-hybridized carbons (Fsp3) is 0.222. The van der Waals surface area contributed by atoms with Crippen LogP contribution < -0.4 is 15.5 Å². The molecule has 0 spiro atoms. The summed E-state index contributed by atoms with van der Waals surface area (Å²) in [7, 11) is 0. The quantitative estimate of drug-likeness (QED) is 0.642. The summed E-state index contributed by atoms with van der Waals surface area (Å²) in [5, 5.41) is 9.45. The molecule has 0 saturated carbocycles. The summed E-state index contributed by atoms with van der Waals surface area (Å²) >= 11 is 0. The minimum atomic E-state index is -0.478. The van der Waals surface area contributed by atoms with Crippen LogP contribution in [0.3, 0.4) is 0 Å². The van der Waals surface area contributed by atoms with Gasteiger partial charge in [0.25, 0.3) is 0 Å². The van der Waals surface area contributed by atoms with Gasteiger partial charge in [-0.2, -0.15) is 5.26 Å². The van der Waals surface area contributed by atoms with E-state index in [2.05, 4.69) is 36.9 Å². The highest BCUT2D eigenvalue weighted by molar-refractivity contribution is 6.24. The van der Waals surface area contributed by atoms with Crippen molar-refractivity contribution >= 4 is 29.0 Å². The number of piperazine rings is 1. The summed E-state index contributed by atoms with van der Waals surface area (Å²) in [5.74, 6) is 0.478. The van der Waals surface area contributed by atoms with Crippen LogP contribution in [0.1, 0.15) is 33.1 Å². The molecule has 2 aromatic carbocycles. The number of benzene rings is 2. The zero-order chi connectivity index (χ0) is 23.9. The van der Waals surface area contributed by atoms with Gasteiger partial charge < -0.3 is 15.5 Å². The molecule has 1 fully saturated rings. The number of Topliss-reactive ketones (excluding diaryl/α,β-unsaturated/α-hetero) is 1. The van der Waals surface area contributed by atoms with Gasteiger partial charge in [0.15, 0.2) is 5.78 Å². The van der Waals surface area contributed by atoms with Gasteiger partial charge in [0.05, 0.1) is 23.2 Å². The number of anilines is 2. The second-order valence-corrected chi connectivity index (χ2v) is 8.84. The maximum absolute atomic E-state index is 13.6. The van der Waals surface area contributed by atoms with Crippen LogP contribution in [-0.4, -0.2) is 48.6 Å². The number of rotatable bonds is 3. The van der Waals surface area contributed by atoms with Crippen molar-refractivity contribution < 1.29 is 4.79 Å². The van der Waals surface area contributed by atoms with Crippen LogP contribution in [0.4, 0.5) is 11.5 Å². The molecular weight excluding hydrogens is 438 g/mol. The highest BCUT2D eigenvalue weighted by Gasteiger charge is 2.47. The van der Waals surface area contributed by atoms with E-state index >= 15 is 0 Å². The van der Waals surface area contributed by atoms with Gasteiger partial charge in [-0.1, -0.05) is 42.5 Å². The van der Waals surface area contributed by atoms with Gasteiger partial charge in [-0.15, -0.1) is 0 Å². The largest absolute Gasteiger partial charge is 0.368 e. The molecule has 8 heteroatoms.